The number of hydrogen-bond donors (Lipinski definition) is 1. The van der Waals surface area contributed by atoms with Gasteiger partial charge in [-0.15, -0.1) is 0 Å². The van der Waals surface area contributed by atoms with Crippen LogP contribution in [0.2, 0.25) is 0 Å². The summed E-state index contributed by atoms with van der Waals surface area (Å²) in [5.74, 6) is 1.59. The third-order valence-corrected chi connectivity index (χ3v) is 5.47. The Kier molecular flexibility index (Phi) is 6.93. The molecule has 3 rings (SSSR count). The number of carbonyl (C=O) groups excluding carboxylic acids is 1. The van der Waals surface area contributed by atoms with Gasteiger partial charge in [0, 0.05) is 12.5 Å². The number of amides is 1. The summed E-state index contributed by atoms with van der Waals surface area (Å²) in [6, 6.07) is 16.2. The molecule has 2 aromatic carbocycles. The van der Waals surface area contributed by atoms with E-state index in [0.29, 0.717) is 11.5 Å². The maximum Gasteiger partial charge on any atom is 0.223 e. The number of rotatable bonds is 7. The van der Waals surface area contributed by atoms with Crippen LogP contribution in [0.3, 0.4) is 0 Å². The standard InChI is InChI=1S/C23H30N2O3/c1-17(20-9-10-21(27-2)22(15-20)28-3)24-23(26)19-11-13-25(14-12-19)16-18-7-5-4-6-8-18/h4-10,15,17,19H,11-14,16H2,1-3H3,(H,24,26). The van der Waals surface area contributed by atoms with Crippen molar-refractivity contribution in [1.29, 1.82) is 0 Å². The molecule has 0 bridgehead atoms. The van der Waals surface area contributed by atoms with Crippen LogP contribution in [-0.4, -0.2) is 38.1 Å². The van der Waals surface area contributed by atoms with Crippen molar-refractivity contribution in [1.82, 2.24) is 10.2 Å². The zero-order valence-electron chi connectivity index (χ0n) is 17.0. The summed E-state index contributed by atoms with van der Waals surface area (Å²) < 4.78 is 10.6. The second kappa shape index (κ2) is 9.60. The number of benzene rings is 2. The third kappa shape index (κ3) is 5.04. The highest BCUT2D eigenvalue weighted by molar-refractivity contribution is 5.79. The first-order valence-corrected chi connectivity index (χ1v) is 9.89. The lowest BCUT2D eigenvalue weighted by atomic mass is 9.94. The van der Waals surface area contributed by atoms with E-state index in [0.717, 1.165) is 38.0 Å². The lowest BCUT2D eigenvalue weighted by Gasteiger charge is -2.32. The van der Waals surface area contributed by atoms with Gasteiger partial charge in [0.15, 0.2) is 11.5 Å². The molecule has 0 saturated carbocycles. The first-order valence-electron chi connectivity index (χ1n) is 9.89. The minimum absolute atomic E-state index is 0.0744. The molecule has 150 valence electrons. The normalized spacial score (nSPS) is 16.4. The van der Waals surface area contributed by atoms with Gasteiger partial charge in [0.25, 0.3) is 0 Å². The van der Waals surface area contributed by atoms with Crippen LogP contribution in [0.5, 0.6) is 11.5 Å². The van der Waals surface area contributed by atoms with Gasteiger partial charge in [0.1, 0.15) is 0 Å². The second-order valence-electron chi connectivity index (χ2n) is 7.38. The summed E-state index contributed by atoms with van der Waals surface area (Å²) in [5.41, 5.74) is 2.33. The van der Waals surface area contributed by atoms with Crippen LogP contribution in [-0.2, 0) is 11.3 Å². The maximum atomic E-state index is 12.7. The molecule has 2 aromatic rings. The van der Waals surface area contributed by atoms with Crippen LogP contribution in [0.25, 0.3) is 0 Å². The van der Waals surface area contributed by atoms with Gasteiger partial charge < -0.3 is 14.8 Å². The molecule has 1 atom stereocenters. The summed E-state index contributed by atoms with van der Waals surface area (Å²) in [4.78, 5) is 15.2. The summed E-state index contributed by atoms with van der Waals surface area (Å²) >= 11 is 0. The summed E-state index contributed by atoms with van der Waals surface area (Å²) in [6.07, 6.45) is 1.80. The van der Waals surface area contributed by atoms with Crippen molar-refractivity contribution in [2.45, 2.75) is 32.4 Å². The number of carbonyl (C=O) groups is 1. The smallest absolute Gasteiger partial charge is 0.223 e. The van der Waals surface area contributed by atoms with Gasteiger partial charge >= 0.3 is 0 Å². The Morgan fingerprint density at radius 1 is 1.07 bits per heavy atom. The van der Waals surface area contributed by atoms with E-state index >= 15 is 0 Å². The van der Waals surface area contributed by atoms with Gasteiger partial charge in [-0.05, 0) is 56.1 Å². The van der Waals surface area contributed by atoms with Gasteiger partial charge in [-0.3, -0.25) is 9.69 Å². The molecule has 1 aliphatic rings. The van der Waals surface area contributed by atoms with Gasteiger partial charge in [0.05, 0.1) is 20.3 Å². The average Bonchev–Trinajstić information content (AvgIpc) is 2.74. The molecule has 1 saturated heterocycles. The fourth-order valence-corrected chi connectivity index (χ4v) is 3.73. The Morgan fingerprint density at radius 3 is 2.39 bits per heavy atom. The lowest BCUT2D eigenvalue weighted by molar-refractivity contribution is -0.127. The molecular weight excluding hydrogens is 352 g/mol. The molecule has 1 amide bonds. The Hall–Kier alpha value is -2.53. The first-order chi connectivity index (χ1) is 13.6. The Labute approximate surface area is 167 Å². The first kappa shape index (κ1) is 20.2. The molecule has 0 radical (unpaired) electrons. The van der Waals surface area contributed by atoms with Crippen LogP contribution in [0, 0.1) is 5.92 Å². The van der Waals surface area contributed by atoms with E-state index in [9.17, 15) is 4.79 Å². The highest BCUT2D eigenvalue weighted by Gasteiger charge is 2.26. The summed E-state index contributed by atoms with van der Waals surface area (Å²) in [6.45, 7) is 4.87. The number of nitrogens with zero attached hydrogens (tertiary/aromatic N) is 1. The molecule has 0 spiro atoms. The summed E-state index contributed by atoms with van der Waals surface area (Å²) in [5, 5.41) is 3.17. The Morgan fingerprint density at radius 2 is 1.75 bits per heavy atom. The fourth-order valence-electron chi connectivity index (χ4n) is 3.73. The number of nitrogens with one attached hydrogen (secondary N) is 1. The lowest BCUT2D eigenvalue weighted by Crippen LogP contribution is -2.40. The number of hydrogen-bond acceptors (Lipinski definition) is 4. The van der Waals surface area contributed by atoms with Gasteiger partial charge in [-0.1, -0.05) is 36.4 Å². The monoisotopic (exact) mass is 382 g/mol. The van der Waals surface area contributed by atoms with Gasteiger partial charge in [-0.25, -0.2) is 0 Å². The number of methoxy groups -OCH3 is 2. The van der Waals surface area contributed by atoms with Crippen LogP contribution < -0.4 is 14.8 Å². The number of piperidine rings is 1. The van der Waals surface area contributed by atoms with E-state index in [1.54, 1.807) is 14.2 Å². The number of ether oxygens (including phenoxy) is 2. The van der Waals surface area contributed by atoms with Crippen molar-refractivity contribution in [3.05, 3.63) is 59.7 Å². The van der Waals surface area contributed by atoms with Crippen LogP contribution in [0.4, 0.5) is 0 Å². The van der Waals surface area contributed by atoms with Crippen molar-refractivity contribution in [3.8, 4) is 11.5 Å². The molecule has 0 aliphatic carbocycles. The van der Waals surface area contributed by atoms with Crippen molar-refractivity contribution >= 4 is 5.91 Å². The van der Waals surface area contributed by atoms with E-state index in [4.69, 9.17) is 9.47 Å². The van der Waals surface area contributed by atoms with E-state index < -0.39 is 0 Å². The molecule has 5 nitrogen and oxygen atoms in total. The predicted molar refractivity (Wildman–Crippen MR) is 111 cm³/mol. The highest BCUT2D eigenvalue weighted by atomic mass is 16.5. The molecule has 0 aromatic heterocycles. The number of likely N-dealkylation sites (tertiary alicyclic amines) is 1. The molecule has 1 aliphatic heterocycles. The summed E-state index contributed by atoms with van der Waals surface area (Å²) in [7, 11) is 3.24. The SMILES string of the molecule is COc1ccc(C(C)NC(=O)C2CCN(Cc3ccccc3)CC2)cc1OC. The van der Waals surface area contributed by atoms with Gasteiger partial charge in [-0.2, -0.15) is 0 Å². The van der Waals surface area contributed by atoms with E-state index in [2.05, 4.69) is 34.5 Å². The Bertz CT molecular complexity index is 771. The molecule has 28 heavy (non-hydrogen) atoms. The predicted octanol–water partition coefficient (Wildman–Crippen LogP) is 3.79. The maximum absolute atomic E-state index is 12.7. The highest BCUT2D eigenvalue weighted by Crippen LogP contribution is 2.30. The van der Waals surface area contributed by atoms with Crippen LogP contribution in [0.15, 0.2) is 48.5 Å². The topological polar surface area (TPSA) is 50.8 Å². The zero-order chi connectivity index (χ0) is 19.9. The Balaban J connectivity index is 1.51. The van der Waals surface area contributed by atoms with Crippen LogP contribution >= 0.6 is 0 Å². The van der Waals surface area contributed by atoms with Crippen molar-refractivity contribution in [3.63, 3.8) is 0 Å². The van der Waals surface area contributed by atoms with E-state index in [-0.39, 0.29) is 17.9 Å². The molecule has 1 fully saturated rings. The fraction of sp³-hybridized carbons (Fsp3) is 0.435. The second-order valence-corrected chi connectivity index (χ2v) is 7.38. The van der Waals surface area contributed by atoms with Crippen molar-refractivity contribution < 1.29 is 14.3 Å². The van der Waals surface area contributed by atoms with E-state index in [1.165, 1.54) is 5.56 Å². The van der Waals surface area contributed by atoms with Crippen molar-refractivity contribution in [2.24, 2.45) is 5.92 Å². The minimum Gasteiger partial charge on any atom is -0.493 e. The quantitative estimate of drug-likeness (QED) is 0.792. The average molecular weight is 383 g/mol. The minimum atomic E-state index is -0.0744. The molecule has 5 heteroatoms. The molecule has 1 heterocycles. The molecular formula is C23H30N2O3. The zero-order valence-corrected chi connectivity index (χ0v) is 17.0. The third-order valence-electron chi connectivity index (χ3n) is 5.47. The van der Waals surface area contributed by atoms with Gasteiger partial charge in [0.2, 0.25) is 5.91 Å². The molecule has 1 N–H and O–H groups in total. The van der Waals surface area contributed by atoms with Crippen molar-refractivity contribution in [2.75, 3.05) is 27.3 Å². The molecule has 1 unspecified atom stereocenters. The largest absolute Gasteiger partial charge is 0.493 e. The van der Waals surface area contributed by atoms with Crippen LogP contribution in [0.1, 0.15) is 36.9 Å². The van der Waals surface area contributed by atoms with E-state index in [1.807, 2.05) is 31.2 Å².